The highest BCUT2D eigenvalue weighted by Crippen LogP contribution is 2.63. The maximum atomic E-state index is 13.9. The van der Waals surface area contributed by atoms with Gasteiger partial charge in [0, 0.05) is 42.7 Å². The zero-order valence-corrected chi connectivity index (χ0v) is 37.2. The Balaban J connectivity index is 0.00000354. The first kappa shape index (κ1) is 45.9. The van der Waals surface area contributed by atoms with Crippen LogP contribution in [0.4, 0.5) is 5.82 Å². The van der Waals surface area contributed by atoms with Gasteiger partial charge in [0.1, 0.15) is 11.4 Å². The number of anilines is 1. The maximum Gasteiger partial charge on any atom is 0.358 e. The van der Waals surface area contributed by atoms with Crippen molar-refractivity contribution >= 4 is 39.2 Å². The molecule has 1 aromatic heterocycles. The lowest BCUT2D eigenvalue weighted by Crippen LogP contribution is -2.57. The highest BCUT2D eigenvalue weighted by molar-refractivity contribution is 7.85. The molecule has 0 spiro atoms. The van der Waals surface area contributed by atoms with Crippen molar-refractivity contribution in [1.29, 1.82) is 0 Å². The molecule has 3 aliphatic rings. The third kappa shape index (κ3) is 11.7. The normalized spacial score (nSPS) is 24.8. The topological polar surface area (TPSA) is 160 Å². The number of aromatic nitrogens is 1. The van der Waals surface area contributed by atoms with Crippen LogP contribution in [0.3, 0.4) is 0 Å². The van der Waals surface area contributed by atoms with Gasteiger partial charge in [0.05, 0.1) is 37.7 Å². The Morgan fingerprint density at radius 1 is 0.965 bits per heavy atom. The van der Waals surface area contributed by atoms with Gasteiger partial charge in [-0.15, -0.1) is 0 Å². The van der Waals surface area contributed by atoms with Gasteiger partial charge in [0.25, 0.3) is 10.1 Å². The van der Waals surface area contributed by atoms with Crippen molar-refractivity contribution < 1.29 is 36.4 Å². The average molecular weight is 811 g/mol. The molecule has 2 aliphatic carbocycles. The van der Waals surface area contributed by atoms with Gasteiger partial charge in [-0.1, -0.05) is 53.7 Å². The predicted octanol–water partition coefficient (Wildman–Crippen LogP) is 7.92. The van der Waals surface area contributed by atoms with E-state index in [0.717, 1.165) is 49.5 Å². The number of benzene rings is 1. The number of ether oxygens (including phenoxy) is 3. The molecule has 0 radical (unpaired) electrons. The number of nitrogens with zero attached hydrogens (tertiary/aromatic N) is 3. The second kappa shape index (κ2) is 17.6. The van der Waals surface area contributed by atoms with Gasteiger partial charge in [-0.25, -0.2) is 14.6 Å². The highest BCUT2D eigenvalue weighted by atomic mass is 32.2. The van der Waals surface area contributed by atoms with Crippen molar-refractivity contribution in [2.45, 2.75) is 126 Å². The largest absolute Gasteiger partial charge is 0.465 e. The summed E-state index contributed by atoms with van der Waals surface area (Å²) in [5, 5.41) is 0. The monoisotopic (exact) mass is 810 g/mol. The van der Waals surface area contributed by atoms with Crippen LogP contribution >= 0.6 is 0 Å². The maximum absolute atomic E-state index is 13.9. The van der Waals surface area contributed by atoms with Crippen LogP contribution in [-0.2, 0) is 41.5 Å². The van der Waals surface area contributed by atoms with E-state index in [4.69, 9.17) is 34.1 Å². The number of carbonyl (C=O) groups is 2. The van der Waals surface area contributed by atoms with E-state index in [1.165, 1.54) is 13.3 Å². The predicted molar refractivity (Wildman–Crippen MR) is 226 cm³/mol. The number of hydrogen-bond acceptors (Lipinski definition) is 12. The van der Waals surface area contributed by atoms with Crippen LogP contribution < -0.4 is 10.6 Å². The molecule has 5 rings (SSSR count). The SMILES string of the molecule is CC.COC(=O)c1cccc2c1CN(c1ccc(/C(=C/N)C(C)=NCC3(C)CC4(C)CC(C)(C)CC(OCCOS(C)(=O)=O)(C3)C4)c(C(=O)OC(C)(C)C)n1)CC2. The molecule has 2 saturated carbocycles. The molecule has 2 fully saturated rings. The van der Waals surface area contributed by atoms with Crippen molar-refractivity contribution in [2.75, 3.05) is 44.6 Å². The fourth-order valence-electron chi connectivity index (χ4n) is 10.0. The van der Waals surface area contributed by atoms with Crippen LogP contribution in [0.1, 0.15) is 139 Å². The zero-order chi connectivity index (χ0) is 42.6. The molecule has 57 heavy (non-hydrogen) atoms. The second-order valence-corrected chi connectivity index (χ2v) is 20.0. The number of pyridine rings is 1. The van der Waals surface area contributed by atoms with Crippen LogP contribution in [0.2, 0.25) is 0 Å². The molecule has 1 aromatic carbocycles. The van der Waals surface area contributed by atoms with Crippen LogP contribution in [0, 0.1) is 16.2 Å². The summed E-state index contributed by atoms with van der Waals surface area (Å²) in [4.78, 5) is 38.6. The minimum Gasteiger partial charge on any atom is -0.465 e. The van der Waals surface area contributed by atoms with E-state index >= 15 is 0 Å². The minimum atomic E-state index is -3.57. The number of nitrogens with two attached hydrogens (primary N) is 1. The molecule has 2 bridgehead atoms. The van der Waals surface area contributed by atoms with E-state index in [1.807, 2.05) is 70.7 Å². The van der Waals surface area contributed by atoms with Crippen molar-refractivity contribution in [3.63, 3.8) is 0 Å². The van der Waals surface area contributed by atoms with Gasteiger partial charge in [-0.2, -0.15) is 8.42 Å². The molecule has 0 amide bonds. The second-order valence-electron chi connectivity index (χ2n) is 18.4. The van der Waals surface area contributed by atoms with Crippen LogP contribution in [-0.4, -0.2) is 81.9 Å². The Morgan fingerprint density at radius 2 is 1.67 bits per heavy atom. The third-order valence-corrected chi connectivity index (χ3v) is 11.5. The molecular formula is C44H66N4O8S. The van der Waals surface area contributed by atoms with Gasteiger partial charge in [-0.05, 0) is 112 Å². The number of aliphatic imine (C=N–C) groups is 1. The lowest BCUT2D eigenvalue weighted by atomic mass is 9.48. The number of carbonyl (C=O) groups excluding carboxylic acids is 2. The van der Waals surface area contributed by atoms with Gasteiger partial charge in [0.15, 0.2) is 5.69 Å². The summed E-state index contributed by atoms with van der Waals surface area (Å²) in [5.74, 6) is -0.398. The van der Waals surface area contributed by atoms with Gasteiger partial charge in [0.2, 0.25) is 0 Å². The third-order valence-electron chi connectivity index (χ3n) is 10.9. The fourth-order valence-corrected chi connectivity index (χ4v) is 10.4. The first-order chi connectivity index (χ1) is 26.5. The van der Waals surface area contributed by atoms with Crippen molar-refractivity contribution in [2.24, 2.45) is 27.0 Å². The first-order valence-corrected chi connectivity index (χ1v) is 21.9. The lowest BCUT2D eigenvalue weighted by Gasteiger charge is -2.61. The van der Waals surface area contributed by atoms with Crippen molar-refractivity contribution in [3.05, 3.63) is 64.5 Å². The Bertz CT molecular complexity index is 1970. The van der Waals surface area contributed by atoms with Crippen LogP contribution in [0.5, 0.6) is 0 Å². The number of allylic oxidation sites excluding steroid dienone is 1. The lowest BCUT2D eigenvalue weighted by molar-refractivity contribution is -0.191. The molecule has 1 aliphatic heterocycles. The Kier molecular flexibility index (Phi) is 14.2. The smallest absolute Gasteiger partial charge is 0.358 e. The van der Waals surface area contributed by atoms with E-state index < -0.39 is 33.3 Å². The Morgan fingerprint density at radius 3 is 2.30 bits per heavy atom. The number of hydrogen-bond donors (Lipinski definition) is 1. The summed E-state index contributed by atoms with van der Waals surface area (Å²) in [6.45, 7) is 22.2. The molecule has 0 saturated heterocycles. The molecule has 2 heterocycles. The summed E-state index contributed by atoms with van der Waals surface area (Å²) < 4.78 is 45.8. The van der Waals surface area contributed by atoms with Gasteiger partial charge >= 0.3 is 11.9 Å². The molecule has 2 N–H and O–H groups in total. The van der Waals surface area contributed by atoms with Crippen molar-refractivity contribution in [1.82, 2.24) is 4.98 Å². The van der Waals surface area contributed by atoms with Crippen LogP contribution in [0.15, 0.2) is 41.5 Å². The number of rotatable bonds is 12. The van der Waals surface area contributed by atoms with E-state index in [0.29, 0.717) is 54.3 Å². The molecule has 3 unspecified atom stereocenters. The first-order valence-electron chi connectivity index (χ1n) is 20.1. The van der Waals surface area contributed by atoms with E-state index in [-0.39, 0.29) is 35.2 Å². The van der Waals surface area contributed by atoms with E-state index in [9.17, 15) is 18.0 Å². The zero-order valence-electron chi connectivity index (χ0n) is 36.3. The summed E-state index contributed by atoms with van der Waals surface area (Å²) in [5.41, 5.74) is 9.29. The summed E-state index contributed by atoms with van der Waals surface area (Å²) >= 11 is 0. The van der Waals surface area contributed by atoms with Gasteiger partial charge in [-0.3, -0.25) is 9.18 Å². The fraction of sp³-hybridized carbons (Fsp3) is 0.636. The minimum absolute atomic E-state index is 0.00137. The molecule has 2 aromatic rings. The quantitative estimate of drug-likeness (QED) is 0.0960. The highest BCUT2D eigenvalue weighted by Gasteiger charge is 2.58. The summed E-state index contributed by atoms with van der Waals surface area (Å²) in [7, 11) is -2.19. The average Bonchev–Trinajstić information content (AvgIpc) is 3.10. The van der Waals surface area contributed by atoms with E-state index in [2.05, 4.69) is 27.7 Å². The molecule has 316 valence electrons. The number of methoxy groups -OCH3 is 1. The Labute approximate surface area is 341 Å². The van der Waals surface area contributed by atoms with E-state index in [1.54, 1.807) is 6.07 Å². The Hall–Kier alpha value is -3.81. The number of esters is 2. The summed E-state index contributed by atoms with van der Waals surface area (Å²) in [6, 6.07) is 9.37. The molecule has 12 nitrogen and oxygen atoms in total. The van der Waals surface area contributed by atoms with Gasteiger partial charge < -0.3 is 24.8 Å². The van der Waals surface area contributed by atoms with Crippen molar-refractivity contribution in [3.8, 4) is 0 Å². The summed E-state index contributed by atoms with van der Waals surface area (Å²) in [6.07, 6.45) is 7.70. The van der Waals surface area contributed by atoms with Crippen LogP contribution in [0.25, 0.3) is 5.57 Å². The standard InChI is InChI=1S/C42H60N4O8S.C2H6/c1-28(44-27-41(8)24-40(7)22-39(5,6)23-42(25-40,26-41)52-18-19-53-55(10,49)50)32(20-43)30-14-15-34(45-35(30)37(48)54-38(2,3)4)46-17-16-29-12-11-13-31(33(29)21-46)36(47)51-9;1-2/h11-15,20H,16-19,21-27,43H2,1-10H3;1-2H3/b32-20+,44-28?;. The molecule has 13 heteroatoms. The molecular weight excluding hydrogens is 745 g/mol. The molecule has 3 atom stereocenters. The number of fused-ring (bicyclic) bond motifs is 3.